The Morgan fingerprint density at radius 3 is 2.27 bits per heavy atom. The molecule has 4 rings (SSSR count). The number of rotatable bonds is 5. The number of aromatic nitrogens is 2. The molecular weight excluding hydrogens is 398 g/mol. The van der Waals surface area contributed by atoms with Gasteiger partial charge in [-0.05, 0) is 37.8 Å². The van der Waals surface area contributed by atoms with Gasteiger partial charge >= 0.3 is 0 Å². The Labute approximate surface area is 179 Å². The first kappa shape index (κ1) is 20.8. The topological polar surface area (TPSA) is 69.6 Å². The summed E-state index contributed by atoms with van der Waals surface area (Å²) >= 11 is 0. The molecule has 3 heterocycles. The van der Waals surface area contributed by atoms with Crippen molar-refractivity contribution in [2.24, 2.45) is 0 Å². The van der Waals surface area contributed by atoms with Crippen LogP contribution in [-0.2, 0) is 10.0 Å². The van der Waals surface area contributed by atoms with Gasteiger partial charge in [0.1, 0.15) is 5.82 Å². The quantitative estimate of drug-likeness (QED) is 0.731. The smallest absolute Gasteiger partial charge is 0.236 e. The Morgan fingerprint density at radius 1 is 0.867 bits per heavy atom. The SMILES string of the molecule is Cc1cc(N2CCCCC2)nc(N2CCN(S(=O)(=O)/C=C/c3ccccc3)CC2)n1. The van der Waals surface area contributed by atoms with Gasteiger partial charge in [-0.3, -0.25) is 0 Å². The van der Waals surface area contributed by atoms with Crippen LogP contribution < -0.4 is 9.80 Å². The second-order valence-electron chi connectivity index (χ2n) is 7.86. The molecule has 0 saturated carbocycles. The van der Waals surface area contributed by atoms with Gasteiger partial charge in [0.25, 0.3) is 0 Å². The number of hydrogen-bond donors (Lipinski definition) is 0. The predicted molar refractivity (Wildman–Crippen MR) is 121 cm³/mol. The molecule has 2 aliphatic heterocycles. The first-order valence-corrected chi connectivity index (χ1v) is 12.1. The maximum absolute atomic E-state index is 12.7. The zero-order valence-electron chi connectivity index (χ0n) is 17.4. The molecule has 7 nitrogen and oxygen atoms in total. The molecule has 0 aliphatic carbocycles. The van der Waals surface area contributed by atoms with Crippen LogP contribution in [0.25, 0.3) is 6.08 Å². The largest absolute Gasteiger partial charge is 0.356 e. The second kappa shape index (κ2) is 9.14. The van der Waals surface area contributed by atoms with E-state index in [9.17, 15) is 8.42 Å². The maximum Gasteiger partial charge on any atom is 0.236 e. The third-order valence-corrected chi connectivity index (χ3v) is 7.19. The van der Waals surface area contributed by atoms with Crippen molar-refractivity contribution in [3.8, 4) is 0 Å². The summed E-state index contributed by atoms with van der Waals surface area (Å²) in [4.78, 5) is 13.8. The lowest BCUT2D eigenvalue weighted by molar-refractivity contribution is 0.387. The summed E-state index contributed by atoms with van der Waals surface area (Å²) in [6.07, 6.45) is 5.33. The van der Waals surface area contributed by atoms with Crippen molar-refractivity contribution in [2.45, 2.75) is 26.2 Å². The summed E-state index contributed by atoms with van der Waals surface area (Å²) in [5.41, 5.74) is 1.82. The molecular formula is C22H29N5O2S. The van der Waals surface area contributed by atoms with E-state index < -0.39 is 10.0 Å². The van der Waals surface area contributed by atoms with Gasteiger partial charge < -0.3 is 9.80 Å². The molecule has 2 aromatic rings. The summed E-state index contributed by atoms with van der Waals surface area (Å²) in [5, 5.41) is 1.30. The van der Waals surface area contributed by atoms with Crippen LogP contribution in [0.5, 0.6) is 0 Å². The normalized spacial score (nSPS) is 18.8. The standard InChI is InChI=1S/C22H29N5O2S/c1-19-18-21(25-11-6-3-7-12-25)24-22(23-19)26-13-15-27(16-14-26)30(28,29)17-10-20-8-4-2-5-9-20/h2,4-5,8-10,17-18H,3,6-7,11-16H2,1H3/b17-10+. The van der Waals surface area contributed by atoms with Crippen molar-refractivity contribution in [3.63, 3.8) is 0 Å². The molecule has 0 amide bonds. The van der Waals surface area contributed by atoms with Gasteiger partial charge in [0.15, 0.2) is 0 Å². The van der Waals surface area contributed by atoms with Crippen molar-refractivity contribution in [1.82, 2.24) is 14.3 Å². The van der Waals surface area contributed by atoms with E-state index >= 15 is 0 Å². The Balaban J connectivity index is 1.42. The number of anilines is 2. The van der Waals surface area contributed by atoms with E-state index in [0.717, 1.165) is 30.2 Å². The van der Waals surface area contributed by atoms with Crippen LogP contribution in [0.1, 0.15) is 30.5 Å². The van der Waals surface area contributed by atoms with Crippen LogP contribution in [0.15, 0.2) is 41.8 Å². The monoisotopic (exact) mass is 427 g/mol. The third-order valence-electron chi connectivity index (χ3n) is 5.62. The fourth-order valence-electron chi connectivity index (χ4n) is 3.92. The van der Waals surface area contributed by atoms with Crippen molar-refractivity contribution in [2.75, 3.05) is 49.1 Å². The van der Waals surface area contributed by atoms with Gasteiger partial charge in [-0.15, -0.1) is 0 Å². The molecule has 0 atom stereocenters. The number of benzene rings is 1. The van der Waals surface area contributed by atoms with Gasteiger partial charge in [0.2, 0.25) is 16.0 Å². The van der Waals surface area contributed by atoms with E-state index in [1.807, 2.05) is 43.3 Å². The Morgan fingerprint density at radius 2 is 1.57 bits per heavy atom. The van der Waals surface area contributed by atoms with Gasteiger partial charge in [-0.1, -0.05) is 30.3 Å². The minimum absolute atomic E-state index is 0.428. The fourth-order valence-corrected chi connectivity index (χ4v) is 5.09. The molecule has 0 bridgehead atoms. The molecule has 2 fully saturated rings. The lowest BCUT2D eigenvalue weighted by Gasteiger charge is -2.34. The van der Waals surface area contributed by atoms with Crippen molar-refractivity contribution < 1.29 is 8.42 Å². The molecule has 8 heteroatoms. The van der Waals surface area contributed by atoms with E-state index in [-0.39, 0.29) is 0 Å². The fraction of sp³-hybridized carbons (Fsp3) is 0.455. The molecule has 0 N–H and O–H groups in total. The molecule has 1 aromatic heterocycles. The highest BCUT2D eigenvalue weighted by atomic mass is 32.2. The number of sulfonamides is 1. The van der Waals surface area contributed by atoms with E-state index in [1.54, 1.807) is 6.08 Å². The molecule has 2 saturated heterocycles. The zero-order chi connectivity index (χ0) is 21.0. The molecule has 0 unspecified atom stereocenters. The summed E-state index contributed by atoms with van der Waals surface area (Å²) in [6.45, 7) is 6.09. The molecule has 0 radical (unpaired) electrons. The Hall–Kier alpha value is -2.45. The van der Waals surface area contributed by atoms with Crippen LogP contribution >= 0.6 is 0 Å². The van der Waals surface area contributed by atoms with Crippen molar-refractivity contribution in [1.29, 1.82) is 0 Å². The molecule has 1 aromatic carbocycles. The van der Waals surface area contributed by atoms with Crippen LogP contribution in [0.2, 0.25) is 0 Å². The van der Waals surface area contributed by atoms with Gasteiger partial charge in [-0.2, -0.15) is 9.29 Å². The van der Waals surface area contributed by atoms with Crippen LogP contribution in [0, 0.1) is 6.92 Å². The number of piperazine rings is 1. The predicted octanol–water partition coefficient (Wildman–Crippen LogP) is 2.90. The van der Waals surface area contributed by atoms with E-state index in [0.29, 0.717) is 32.1 Å². The summed E-state index contributed by atoms with van der Waals surface area (Å²) < 4.78 is 26.9. The minimum atomic E-state index is -3.44. The average molecular weight is 428 g/mol. The third kappa shape index (κ3) is 4.99. The molecule has 0 spiro atoms. The number of nitrogens with zero attached hydrogens (tertiary/aromatic N) is 5. The summed E-state index contributed by atoms with van der Waals surface area (Å²) in [6, 6.07) is 11.5. The highest BCUT2D eigenvalue weighted by molar-refractivity contribution is 7.92. The summed E-state index contributed by atoms with van der Waals surface area (Å²) in [5.74, 6) is 1.69. The van der Waals surface area contributed by atoms with Gasteiger partial charge in [0.05, 0.1) is 0 Å². The molecule has 2 aliphatic rings. The molecule has 30 heavy (non-hydrogen) atoms. The van der Waals surface area contributed by atoms with E-state index in [1.165, 1.54) is 29.0 Å². The first-order valence-electron chi connectivity index (χ1n) is 10.6. The van der Waals surface area contributed by atoms with Gasteiger partial charge in [-0.25, -0.2) is 13.4 Å². The maximum atomic E-state index is 12.7. The first-order chi connectivity index (χ1) is 14.5. The molecule has 160 valence electrons. The highest BCUT2D eigenvalue weighted by Crippen LogP contribution is 2.22. The highest BCUT2D eigenvalue weighted by Gasteiger charge is 2.27. The number of piperidine rings is 1. The number of aryl methyl sites for hydroxylation is 1. The number of hydrogen-bond acceptors (Lipinski definition) is 6. The van der Waals surface area contributed by atoms with Crippen molar-refractivity contribution >= 4 is 27.9 Å². The zero-order valence-corrected chi connectivity index (χ0v) is 18.3. The van der Waals surface area contributed by atoms with Crippen molar-refractivity contribution in [3.05, 3.63) is 53.1 Å². The van der Waals surface area contributed by atoms with Crippen LogP contribution in [0.4, 0.5) is 11.8 Å². The Kier molecular flexibility index (Phi) is 6.34. The van der Waals surface area contributed by atoms with Gasteiger partial charge in [0, 0.05) is 56.4 Å². The Bertz CT molecular complexity index is 980. The van der Waals surface area contributed by atoms with Crippen LogP contribution in [0.3, 0.4) is 0 Å². The minimum Gasteiger partial charge on any atom is -0.356 e. The summed E-state index contributed by atoms with van der Waals surface area (Å²) in [7, 11) is -3.44. The van der Waals surface area contributed by atoms with E-state index in [4.69, 9.17) is 4.98 Å². The lowest BCUT2D eigenvalue weighted by atomic mass is 10.1. The average Bonchev–Trinajstić information content (AvgIpc) is 2.79. The second-order valence-corrected chi connectivity index (χ2v) is 9.68. The van der Waals surface area contributed by atoms with Crippen LogP contribution in [-0.4, -0.2) is 62.0 Å². The van der Waals surface area contributed by atoms with E-state index in [2.05, 4.69) is 14.8 Å². The lowest BCUT2D eigenvalue weighted by Crippen LogP contribution is -2.48.